The minimum atomic E-state index is 0.613. The van der Waals surface area contributed by atoms with E-state index in [0.717, 1.165) is 17.1 Å². The largest absolute Gasteiger partial charge is 0.486 e. The number of hydrogen-bond acceptors (Lipinski definition) is 3. The Labute approximate surface area is 77.0 Å². The molecule has 68 valence electrons. The summed E-state index contributed by atoms with van der Waals surface area (Å²) in [6.07, 6.45) is 1.77. The zero-order chi connectivity index (χ0) is 9.10. The summed E-state index contributed by atoms with van der Waals surface area (Å²) in [4.78, 5) is 3.95. The van der Waals surface area contributed by atoms with Gasteiger partial charge in [0.15, 0.2) is 11.5 Å². The van der Waals surface area contributed by atoms with Crippen molar-refractivity contribution in [1.82, 2.24) is 0 Å². The van der Waals surface area contributed by atoms with Gasteiger partial charge in [0.25, 0.3) is 0 Å². The first-order valence-corrected chi connectivity index (χ1v) is 4.22. The summed E-state index contributed by atoms with van der Waals surface area (Å²) in [6, 6.07) is 5.80. The highest BCUT2D eigenvalue weighted by Gasteiger charge is 2.13. The molecule has 13 heavy (non-hydrogen) atoms. The maximum Gasteiger partial charge on any atom is 0.170 e. The van der Waals surface area contributed by atoms with Crippen LogP contribution in [0.5, 0.6) is 11.5 Å². The Hall–Kier alpha value is -1.51. The van der Waals surface area contributed by atoms with Crippen LogP contribution in [0.2, 0.25) is 0 Å². The Morgan fingerprint density at radius 1 is 1.31 bits per heavy atom. The molecule has 0 amide bonds. The number of benzene rings is 1. The molecule has 0 saturated carbocycles. The van der Waals surface area contributed by atoms with Crippen molar-refractivity contribution in [2.24, 2.45) is 4.99 Å². The lowest BCUT2D eigenvalue weighted by atomic mass is 10.2. The van der Waals surface area contributed by atoms with Gasteiger partial charge in [-0.3, -0.25) is 4.99 Å². The van der Waals surface area contributed by atoms with Gasteiger partial charge in [-0.2, -0.15) is 0 Å². The van der Waals surface area contributed by atoms with Crippen LogP contribution in [-0.2, 0) is 0 Å². The second-order valence-corrected chi connectivity index (χ2v) is 2.76. The van der Waals surface area contributed by atoms with Gasteiger partial charge in [-0.1, -0.05) is 6.07 Å². The van der Waals surface area contributed by atoms with Gasteiger partial charge < -0.3 is 9.47 Å². The molecule has 1 heterocycles. The lowest BCUT2D eigenvalue weighted by molar-refractivity contribution is 0.171. The molecule has 3 heteroatoms. The van der Waals surface area contributed by atoms with Crippen LogP contribution < -0.4 is 9.47 Å². The molecule has 1 aliphatic heterocycles. The summed E-state index contributed by atoms with van der Waals surface area (Å²) >= 11 is 0. The van der Waals surface area contributed by atoms with Gasteiger partial charge in [0, 0.05) is 18.8 Å². The third-order valence-corrected chi connectivity index (χ3v) is 1.86. The lowest BCUT2D eigenvalue weighted by Gasteiger charge is -2.19. The lowest BCUT2D eigenvalue weighted by Crippen LogP contribution is -2.16. The van der Waals surface area contributed by atoms with Gasteiger partial charge in [-0.25, -0.2) is 0 Å². The molecule has 0 aliphatic carbocycles. The first kappa shape index (κ1) is 8.10. The molecule has 2 rings (SSSR count). The predicted molar refractivity (Wildman–Crippen MR) is 51.0 cm³/mol. The first-order valence-electron chi connectivity index (χ1n) is 4.22. The topological polar surface area (TPSA) is 30.8 Å². The molecule has 0 unspecified atom stereocenters. The van der Waals surface area contributed by atoms with Crippen LogP contribution >= 0.6 is 0 Å². The zero-order valence-electron chi connectivity index (χ0n) is 7.49. The quantitative estimate of drug-likeness (QED) is 0.609. The molecule has 1 aromatic rings. The van der Waals surface area contributed by atoms with Crippen molar-refractivity contribution in [1.29, 1.82) is 0 Å². The van der Waals surface area contributed by atoms with Crippen LogP contribution in [0.15, 0.2) is 23.2 Å². The van der Waals surface area contributed by atoms with Crippen molar-refractivity contribution < 1.29 is 9.47 Å². The van der Waals surface area contributed by atoms with E-state index in [1.54, 1.807) is 13.3 Å². The summed E-state index contributed by atoms with van der Waals surface area (Å²) in [5, 5.41) is 0. The van der Waals surface area contributed by atoms with Crippen molar-refractivity contribution in [3.05, 3.63) is 23.8 Å². The average molecular weight is 177 g/mol. The van der Waals surface area contributed by atoms with E-state index >= 15 is 0 Å². The monoisotopic (exact) mass is 177 g/mol. The van der Waals surface area contributed by atoms with E-state index in [1.165, 1.54) is 0 Å². The maximum absolute atomic E-state index is 5.49. The van der Waals surface area contributed by atoms with Crippen LogP contribution in [0.1, 0.15) is 5.56 Å². The Kier molecular flexibility index (Phi) is 2.17. The molecule has 0 bridgehead atoms. The van der Waals surface area contributed by atoms with E-state index < -0.39 is 0 Å². The number of rotatable bonds is 1. The molecule has 0 aromatic heterocycles. The molecule has 0 fully saturated rings. The Morgan fingerprint density at radius 3 is 3.00 bits per heavy atom. The van der Waals surface area contributed by atoms with E-state index in [2.05, 4.69) is 4.99 Å². The second kappa shape index (κ2) is 3.47. The van der Waals surface area contributed by atoms with Crippen molar-refractivity contribution in [3.63, 3.8) is 0 Å². The fourth-order valence-electron chi connectivity index (χ4n) is 1.34. The normalized spacial score (nSPS) is 14.8. The molecule has 0 saturated heterocycles. The third kappa shape index (κ3) is 1.49. The Morgan fingerprint density at radius 2 is 2.15 bits per heavy atom. The zero-order valence-corrected chi connectivity index (χ0v) is 7.49. The van der Waals surface area contributed by atoms with Gasteiger partial charge in [0.05, 0.1) is 0 Å². The summed E-state index contributed by atoms with van der Waals surface area (Å²) in [6.45, 7) is 1.24. The highest BCUT2D eigenvalue weighted by Crippen LogP contribution is 2.32. The molecule has 0 radical (unpaired) electrons. The molecular formula is C10H11NO2. The Balaban J connectivity index is 2.45. The number of aliphatic imine (C=N–C) groups is 1. The van der Waals surface area contributed by atoms with Crippen molar-refractivity contribution in [3.8, 4) is 11.5 Å². The molecule has 0 atom stereocenters. The van der Waals surface area contributed by atoms with Crippen LogP contribution in [0.25, 0.3) is 0 Å². The maximum atomic E-state index is 5.49. The van der Waals surface area contributed by atoms with Gasteiger partial charge >= 0.3 is 0 Å². The van der Waals surface area contributed by atoms with Crippen LogP contribution in [-0.4, -0.2) is 26.5 Å². The fourth-order valence-corrected chi connectivity index (χ4v) is 1.34. The Bertz CT molecular complexity index is 334. The highest BCUT2D eigenvalue weighted by atomic mass is 16.6. The predicted octanol–water partition coefficient (Wildman–Crippen LogP) is 1.51. The van der Waals surface area contributed by atoms with Crippen LogP contribution in [0, 0.1) is 0 Å². The fraction of sp³-hybridized carbons (Fsp3) is 0.300. The van der Waals surface area contributed by atoms with Gasteiger partial charge in [0.2, 0.25) is 0 Å². The van der Waals surface area contributed by atoms with Gasteiger partial charge in [-0.15, -0.1) is 0 Å². The number of fused-ring (bicyclic) bond motifs is 1. The minimum absolute atomic E-state index is 0.613. The van der Waals surface area contributed by atoms with Crippen molar-refractivity contribution >= 4 is 6.21 Å². The van der Waals surface area contributed by atoms with Gasteiger partial charge in [0.1, 0.15) is 13.2 Å². The molecule has 1 aromatic carbocycles. The number of para-hydroxylation sites is 1. The standard InChI is InChI=1S/C10H11NO2/c1-11-7-8-3-2-4-9-10(8)13-6-5-12-9/h2-4,7H,5-6H2,1H3. The smallest absolute Gasteiger partial charge is 0.170 e. The van der Waals surface area contributed by atoms with Crippen LogP contribution in [0.4, 0.5) is 0 Å². The molecule has 3 nitrogen and oxygen atoms in total. The average Bonchev–Trinajstić information content (AvgIpc) is 2.19. The van der Waals surface area contributed by atoms with E-state index in [4.69, 9.17) is 9.47 Å². The number of ether oxygens (including phenoxy) is 2. The SMILES string of the molecule is CN=Cc1cccc2c1OCCO2. The van der Waals surface area contributed by atoms with E-state index in [0.29, 0.717) is 13.2 Å². The molecule has 1 aliphatic rings. The van der Waals surface area contributed by atoms with Crippen LogP contribution in [0.3, 0.4) is 0 Å². The van der Waals surface area contributed by atoms with Gasteiger partial charge in [-0.05, 0) is 12.1 Å². The number of hydrogen-bond donors (Lipinski definition) is 0. The highest BCUT2D eigenvalue weighted by molar-refractivity contribution is 5.85. The first-order chi connectivity index (χ1) is 6.42. The second-order valence-electron chi connectivity index (χ2n) is 2.76. The molecular weight excluding hydrogens is 166 g/mol. The summed E-state index contributed by atoms with van der Waals surface area (Å²) in [5.41, 5.74) is 0.972. The third-order valence-electron chi connectivity index (χ3n) is 1.86. The summed E-state index contributed by atoms with van der Waals surface area (Å²) in [5.74, 6) is 1.61. The summed E-state index contributed by atoms with van der Waals surface area (Å²) < 4.78 is 10.9. The minimum Gasteiger partial charge on any atom is -0.486 e. The van der Waals surface area contributed by atoms with Crippen molar-refractivity contribution in [2.75, 3.05) is 20.3 Å². The van der Waals surface area contributed by atoms with E-state index in [9.17, 15) is 0 Å². The molecule has 0 N–H and O–H groups in total. The summed E-state index contributed by atoms with van der Waals surface area (Å²) in [7, 11) is 1.74. The number of nitrogens with zero attached hydrogens (tertiary/aromatic N) is 1. The molecule has 0 spiro atoms. The van der Waals surface area contributed by atoms with Crippen molar-refractivity contribution in [2.45, 2.75) is 0 Å². The van der Waals surface area contributed by atoms with E-state index in [1.807, 2.05) is 18.2 Å². The van der Waals surface area contributed by atoms with E-state index in [-0.39, 0.29) is 0 Å².